The first kappa shape index (κ1) is 22.9. The largest absolute Gasteiger partial charge is 0.463 e. The lowest BCUT2D eigenvalue weighted by molar-refractivity contribution is -0.166. The maximum absolute atomic E-state index is 12.7. The molecule has 11 nitrogen and oxygen atoms in total. The van der Waals surface area contributed by atoms with Crippen LogP contribution in [0, 0.1) is 0 Å². The summed E-state index contributed by atoms with van der Waals surface area (Å²) in [5.74, 6) is -1.93. The number of rotatable bonds is 6. The summed E-state index contributed by atoms with van der Waals surface area (Å²) in [6.45, 7) is 3.26. The average Bonchev–Trinajstić information content (AvgIpc) is 3.03. The van der Waals surface area contributed by atoms with E-state index in [0.717, 1.165) is 4.57 Å². The van der Waals surface area contributed by atoms with Crippen molar-refractivity contribution in [3.05, 3.63) is 47.0 Å². The molecule has 1 aromatic heterocycles. The van der Waals surface area contributed by atoms with E-state index in [4.69, 9.17) is 24.7 Å². The second-order valence-electron chi connectivity index (χ2n) is 7.11. The minimum atomic E-state index is -1.22. The lowest BCUT2D eigenvalue weighted by Crippen LogP contribution is -2.42. The Bertz CT molecular complexity index is 1070. The molecule has 0 unspecified atom stereocenters. The third-order valence-electron chi connectivity index (χ3n) is 4.68. The van der Waals surface area contributed by atoms with Crippen LogP contribution in [0.1, 0.15) is 27.0 Å². The second-order valence-corrected chi connectivity index (χ2v) is 7.11. The third kappa shape index (κ3) is 5.11. The van der Waals surface area contributed by atoms with Crippen LogP contribution in [-0.4, -0.2) is 52.4 Å². The maximum Gasteiger partial charge on any atom is 0.351 e. The summed E-state index contributed by atoms with van der Waals surface area (Å²) in [6.07, 6.45) is -3.12. The fraction of sp³-hybridized carbons (Fsp3) is 0.381. The molecule has 32 heavy (non-hydrogen) atoms. The zero-order valence-corrected chi connectivity index (χ0v) is 17.7. The van der Waals surface area contributed by atoms with Gasteiger partial charge in [0.25, 0.3) is 0 Å². The SMILES string of the molecule is CC(=O)OC[C@H]1O[C@@H](n2cc(-c3ccccc3)c(N)nc2=O)[C@H](OC(C)=O)[C@@H]1OC(C)=O. The Labute approximate surface area is 183 Å². The van der Waals surface area contributed by atoms with Crippen LogP contribution >= 0.6 is 0 Å². The quantitative estimate of drug-likeness (QED) is 0.500. The minimum absolute atomic E-state index is 0.00693. The van der Waals surface area contributed by atoms with Crippen molar-refractivity contribution in [3.8, 4) is 11.1 Å². The molecule has 2 heterocycles. The minimum Gasteiger partial charge on any atom is -0.463 e. The predicted molar refractivity (Wildman–Crippen MR) is 110 cm³/mol. The van der Waals surface area contributed by atoms with Crippen LogP contribution in [0.2, 0.25) is 0 Å². The zero-order chi connectivity index (χ0) is 23.4. The highest BCUT2D eigenvalue weighted by Gasteiger charge is 2.51. The third-order valence-corrected chi connectivity index (χ3v) is 4.68. The van der Waals surface area contributed by atoms with Crippen molar-refractivity contribution < 1.29 is 33.3 Å². The van der Waals surface area contributed by atoms with E-state index in [-0.39, 0.29) is 12.4 Å². The van der Waals surface area contributed by atoms with Crippen LogP contribution in [0.4, 0.5) is 5.82 Å². The van der Waals surface area contributed by atoms with Gasteiger partial charge in [-0.25, -0.2) is 4.79 Å². The van der Waals surface area contributed by atoms with Gasteiger partial charge in [-0.2, -0.15) is 4.98 Å². The van der Waals surface area contributed by atoms with Gasteiger partial charge in [0, 0.05) is 32.5 Å². The molecular weight excluding hydrogens is 422 g/mol. The number of carbonyl (C=O) groups is 3. The first-order valence-electron chi connectivity index (χ1n) is 9.74. The molecule has 11 heteroatoms. The zero-order valence-electron chi connectivity index (χ0n) is 17.7. The summed E-state index contributed by atoms with van der Waals surface area (Å²) < 4.78 is 22.7. The molecular formula is C21H23N3O8. The van der Waals surface area contributed by atoms with Crippen LogP contribution < -0.4 is 11.4 Å². The molecule has 0 spiro atoms. The van der Waals surface area contributed by atoms with Crippen molar-refractivity contribution >= 4 is 23.7 Å². The highest BCUT2D eigenvalue weighted by molar-refractivity contribution is 5.72. The normalized spacial score (nSPS) is 22.2. The van der Waals surface area contributed by atoms with Gasteiger partial charge >= 0.3 is 23.6 Å². The Morgan fingerprint density at radius 3 is 2.25 bits per heavy atom. The number of anilines is 1. The molecule has 2 aromatic rings. The summed E-state index contributed by atoms with van der Waals surface area (Å²) in [6, 6.07) is 8.98. The van der Waals surface area contributed by atoms with Crippen LogP contribution in [0.3, 0.4) is 0 Å². The fourth-order valence-corrected chi connectivity index (χ4v) is 3.42. The Balaban J connectivity index is 2.07. The Hall–Kier alpha value is -3.73. The molecule has 0 bridgehead atoms. The van der Waals surface area contributed by atoms with Gasteiger partial charge in [-0.1, -0.05) is 30.3 Å². The molecule has 1 aliphatic rings. The van der Waals surface area contributed by atoms with Gasteiger partial charge in [-0.3, -0.25) is 19.0 Å². The Morgan fingerprint density at radius 2 is 1.66 bits per heavy atom. The number of nitrogens with two attached hydrogens (primary N) is 1. The summed E-state index contributed by atoms with van der Waals surface area (Å²) in [4.78, 5) is 51.3. The van der Waals surface area contributed by atoms with E-state index in [1.165, 1.54) is 27.0 Å². The first-order chi connectivity index (χ1) is 15.2. The molecule has 4 atom stereocenters. The van der Waals surface area contributed by atoms with E-state index < -0.39 is 48.1 Å². The summed E-state index contributed by atoms with van der Waals surface area (Å²) >= 11 is 0. The maximum atomic E-state index is 12.7. The second kappa shape index (κ2) is 9.60. The number of carbonyl (C=O) groups excluding carboxylic acids is 3. The molecule has 0 radical (unpaired) electrons. The summed E-state index contributed by atoms with van der Waals surface area (Å²) in [7, 11) is 0. The molecule has 2 N–H and O–H groups in total. The van der Waals surface area contributed by atoms with Gasteiger partial charge in [0.1, 0.15) is 18.5 Å². The number of nitrogens with zero attached hydrogens (tertiary/aromatic N) is 2. The fourth-order valence-electron chi connectivity index (χ4n) is 3.42. The molecule has 0 saturated carbocycles. The van der Waals surface area contributed by atoms with Crippen LogP contribution in [0.15, 0.2) is 41.3 Å². The van der Waals surface area contributed by atoms with Gasteiger partial charge in [-0.15, -0.1) is 0 Å². The number of esters is 3. The summed E-state index contributed by atoms with van der Waals surface area (Å²) in [5, 5.41) is 0. The number of aromatic nitrogens is 2. The number of nitrogen functional groups attached to an aromatic ring is 1. The predicted octanol–water partition coefficient (Wildman–Crippen LogP) is 0.816. The van der Waals surface area contributed by atoms with Crippen molar-refractivity contribution in [2.24, 2.45) is 0 Å². The molecule has 0 amide bonds. The van der Waals surface area contributed by atoms with Crippen molar-refractivity contribution in [2.75, 3.05) is 12.3 Å². The number of benzene rings is 1. The molecule has 170 valence electrons. The van der Waals surface area contributed by atoms with Crippen molar-refractivity contribution in [3.63, 3.8) is 0 Å². The van der Waals surface area contributed by atoms with E-state index >= 15 is 0 Å². The molecule has 0 aliphatic carbocycles. The van der Waals surface area contributed by atoms with Crippen LogP contribution in [-0.2, 0) is 33.3 Å². The number of hydrogen-bond donors (Lipinski definition) is 1. The topological polar surface area (TPSA) is 149 Å². The van der Waals surface area contributed by atoms with Gasteiger partial charge in [0.15, 0.2) is 18.4 Å². The average molecular weight is 445 g/mol. The van der Waals surface area contributed by atoms with Crippen LogP contribution in [0.5, 0.6) is 0 Å². The van der Waals surface area contributed by atoms with Crippen LogP contribution in [0.25, 0.3) is 11.1 Å². The van der Waals surface area contributed by atoms with E-state index in [1.807, 2.05) is 6.07 Å². The number of ether oxygens (including phenoxy) is 4. The van der Waals surface area contributed by atoms with E-state index in [2.05, 4.69) is 4.98 Å². The van der Waals surface area contributed by atoms with Gasteiger partial charge in [-0.05, 0) is 5.56 Å². The van der Waals surface area contributed by atoms with Crippen molar-refractivity contribution in [1.82, 2.24) is 9.55 Å². The highest BCUT2D eigenvalue weighted by Crippen LogP contribution is 2.35. The molecule has 1 aliphatic heterocycles. The lowest BCUT2D eigenvalue weighted by Gasteiger charge is -2.24. The molecule has 1 fully saturated rings. The van der Waals surface area contributed by atoms with Crippen molar-refractivity contribution in [1.29, 1.82) is 0 Å². The number of hydrogen-bond acceptors (Lipinski definition) is 10. The van der Waals surface area contributed by atoms with Gasteiger partial charge in [0.2, 0.25) is 0 Å². The molecule has 1 saturated heterocycles. The standard InChI is InChI=1S/C21H23N3O8/c1-11(25)29-10-16-17(30-12(2)26)18(31-13(3)27)20(32-16)24-9-15(19(22)23-21(24)28)14-7-5-4-6-8-14/h4-9,16-18,20H,10H2,1-3H3,(H2,22,23,28)/t16-,17-,18-,20-/m1/s1. The lowest BCUT2D eigenvalue weighted by atomic mass is 10.1. The molecule has 1 aromatic carbocycles. The molecule has 3 rings (SSSR count). The van der Waals surface area contributed by atoms with Gasteiger partial charge < -0.3 is 24.7 Å². The van der Waals surface area contributed by atoms with E-state index in [9.17, 15) is 19.2 Å². The smallest absolute Gasteiger partial charge is 0.351 e. The Kier molecular flexibility index (Phi) is 6.89. The van der Waals surface area contributed by atoms with E-state index in [1.54, 1.807) is 24.3 Å². The first-order valence-corrected chi connectivity index (χ1v) is 9.74. The summed E-state index contributed by atoms with van der Waals surface area (Å²) in [5.41, 5.74) is 6.34. The van der Waals surface area contributed by atoms with E-state index in [0.29, 0.717) is 11.1 Å². The van der Waals surface area contributed by atoms with Gasteiger partial charge in [0.05, 0.1) is 0 Å². The monoisotopic (exact) mass is 445 g/mol. The Morgan fingerprint density at radius 1 is 1.03 bits per heavy atom. The highest BCUT2D eigenvalue weighted by atomic mass is 16.7. The van der Waals surface area contributed by atoms with Crippen molar-refractivity contribution in [2.45, 2.75) is 45.3 Å².